The molecule has 126 valence electrons. The first-order valence-electron chi connectivity index (χ1n) is 8.26. The predicted octanol–water partition coefficient (Wildman–Crippen LogP) is 3.63. The van der Waals surface area contributed by atoms with Crippen LogP contribution in [0.25, 0.3) is 0 Å². The topological polar surface area (TPSA) is 49.7 Å². The van der Waals surface area contributed by atoms with E-state index in [0.29, 0.717) is 29.7 Å². The number of rotatable bonds is 0. The summed E-state index contributed by atoms with van der Waals surface area (Å²) in [5, 5.41) is 0.758. The number of amidine groups is 1. The average molecular weight is 342 g/mol. The molecule has 0 spiro atoms. The van der Waals surface area contributed by atoms with Crippen LogP contribution >= 0.6 is 11.8 Å². The van der Waals surface area contributed by atoms with Crippen LogP contribution in [0.3, 0.4) is 0 Å². The van der Waals surface area contributed by atoms with Gasteiger partial charge in [-0.15, -0.1) is 0 Å². The molecule has 2 unspecified atom stereocenters. The van der Waals surface area contributed by atoms with Gasteiger partial charge in [-0.1, -0.05) is 24.8 Å². The zero-order chi connectivity index (χ0) is 17.1. The molecule has 2 atom stereocenters. The lowest BCUT2D eigenvalue weighted by Crippen LogP contribution is -2.35. The maximum Gasteiger partial charge on any atom is 0.238 e. The molecule has 2 fully saturated rings. The highest BCUT2D eigenvalue weighted by Crippen LogP contribution is 2.40. The van der Waals surface area contributed by atoms with Crippen LogP contribution in [0.15, 0.2) is 53.8 Å². The Morgan fingerprint density at radius 3 is 2.88 bits per heavy atom. The minimum absolute atomic E-state index is 0.0330. The molecule has 0 bridgehead atoms. The molecule has 1 amide bonds. The van der Waals surface area contributed by atoms with Gasteiger partial charge in [-0.05, 0) is 37.3 Å². The van der Waals surface area contributed by atoms with E-state index in [-0.39, 0.29) is 5.91 Å². The van der Waals surface area contributed by atoms with Crippen molar-refractivity contribution in [2.45, 2.75) is 37.4 Å². The van der Waals surface area contributed by atoms with Gasteiger partial charge in [0.2, 0.25) is 5.91 Å². The number of hydrogen-bond acceptors (Lipinski definition) is 4. The van der Waals surface area contributed by atoms with E-state index in [0.717, 1.165) is 23.8 Å². The smallest absolute Gasteiger partial charge is 0.238 e. The second kappa shape index (κ2) is 7.34. The zero-order valence-corrected chi connectivity index (χ0v) is 14.6. The molecule has 0 aromatic rings. The SMILES string of the molecule is C=C1CC(=O)N2C=CC=CC2=N1.C=C1CCC2SCC(=O)CC2C1. The fraction of sp³-hybridized carbons (Fsp3) is 0.421. The molecule has 1 saturated heterocycles. The van der Waals surface area contributed by atoms with Crippen LogP contribution in [0.5, 0.6) is 0 Å². The monoisotopic (exact) mass is 342 g/mol. The molecule has 3 aliphatic heterocycles. The number of amides is 1. The fourth-order valence-electron chi connectivity index (χ4n) is 3.36. The van der Waals surface area contributed by atoms with Gasteiger partial charge in [0, 0.05) is 23.6 Å². The predicted molar refractivity (Wildman–Crippen MR) is 98.7 cm³/mol. The van der Waals surface area contributed by atoms with E-state index < -0.39 is 0 Å². The van der Waals surface area contributed by atoms with Crippen molar-refractivity contribution in [1.29, 1.82) is 0 Å². The van der Waals surface area contributed by atoms with Gasteiger partial charge in [0.05, 0.1) is 12.2 Å². The Bertz CT molecular complexity index is 653. The van der Waals surface area contributed by atoms with Crippen LogP contribution in [0, 0.1) is 5.92 Å². The van der Waals surface area contributed by atoms with Gasteiger partial charge in [-0.3, -0.25) is 14.5 Å². The number of ketones is 1. The number of Topliss-reactive ketones (excluding diaryl/α,β-unsaturated/α-hetero) is 1. The summed E-state index contributed by atoms with van der Waals surface area (Å²) in [6, 6.07) is 0. The Labute approximate surface area is 147 Å². The van der Waals surface area contributed by atoms with E-state index in [1.807, 2.05) is 23.9 Å². The summed E-state index contributed by atoms with van der Waals surface area (Å²) in [4.78, 5) is 28.2. The van der Waals surface area contributed by atoms with Crippen molar-refractivity contribution in [2.24, 2.45) is 10.9 Å². The van der Waals surface area contributed by atoms with E-state index in [1.165, 1.54) is 23.3 Å². The van der Waals surface area contributed by atoms with Gasteiger partial charge in [0.1, 0.15) is 11.6 Å². The number of carbonyl (C=O) groups excluding carboxylic acids is 2. The van der Waals surface area contributed by atoms with Gasteiger partial charge in [0.25, 0.3) is 0 Å². The van der Waals surface area contributed by atoms with E-state index in [1.54, 1.807) is 12.3 Å². The number of nitrogens with zero attached hydrogens (tertiary/aromatic N) is 2. The summed E-state index contributed by atoms with van der Waals surface area (Å²) < 4.78 is 0. The number of thioether (sulfide) groups is 1. The van der Waals surface area contributed by atoms with Crippen molar-refractivity contribution in [3.8, 4) is 0 Å². The molecule has 4 nitrogen and oxygen atoms in total. The molecule has 0 N–H and O–H groups in total. The molecule has 1 saturated carbocycles. The highest BCUT2D eigenvalue weighted by Gasteiger charge is 2.32. The molecule has 3 heterocycles. The van der Waals surface area contributed by atoms with Crippen LogP contribution in [0.2, 0.25) is 0 Å². The van der Waals surface area contributed by atoms with E-state index >= 15 is 0 Å². The van der Waals surface area contributed by atoms with Crippen LogP contribution < -0.4 is 0 Å². The van der Waals surface area contributed by atoms with Crippen LogP contribution in [0.1, 0.15) is 32.1 Å². The third-order valence-corrected chi connectivity index (χ3v) is 6.08. The number of hydrogen-bond donors (Lipinski definition) is 0. The Hall–Kier alpha value is -1.88. The second-order valence-electron chi connectivity index (χ2n) is 6.52. The Morgan fingerprint density at radius 2 is 2.04 bits per heavy atom. The summed E-state index contributed by atoms with van der Waals surface area (Å²) in [5.41, 5.74) is 1.98. The van der Waals surface area contributed by atoms with Gasteiger partial charge < -0.3 is 0 Å². The zero-order valence-electron chi connectivity index (χ0n) is 13.7. The summed E-state index contributed by atoms with van der Waals surface area (Å²) in [6.07, 6.45) is 11.8. The van der Waals surface area contributed by atoms with Crippen molar-refractivity contribution < 1.29 is 9.59 Å². The highest BCUT2D eigenvalue weighted by molar-refractivity contribution is 8.00. The normalized spacial score (nSPS) is 28.7. The van der Waals surface area contributed by atoms with Crippen LogP contribution in [0.4, 0.5) is 0 Å². The Kier molecular flexibility index (Phi) is 5.19. The van der Waals surface area contributed by atoms with E-state index in [4.69, 9.17) is 0 Å². The first kappa shape index (κ1) is 17.0. The molecule has 0 radical (unpaired) electrons. The molecule has 1 aliphatic carbocycles. The van der Waals surface area contributed by atoms with Crippen molar-refractivity contribution in [3.63, 3.8) is 0 Å². The van der Waals surface area contributed by atoms with Crippen LogP contribution in [-0.2, 0) is 9.59 Å². The van der Waals surface area contributed by atoms with Crippen molar-refractivity contribution >= 4 is 29.3 Å². The summed E-state index contributed by atoms with van der Waals surface area (Å²) in [6.45, 7) is 7.67. The third-order valence-electron chi connectivity index (χ3n) is 4.54. The van der Waals surface area contributed by atoms with Crippen molar-refractivity contribution in [2.75, 3.05) is 5.75 Å². The van der Waals surface area contributed by atoms with Crippen molar-refractivity contribution in [1.82, 2.24) is 4.90 Å². The Balaban J connectivity index is 0.000000141. The van der Waals surface area contributed by atoms with Crippen LogP contribution in [-0.4, -0.2) is 33.4 Å². The van der Waals surface area contributed by atoms with Crippen molar-refractivity contribution in [3.05, 3.63) is 48.9 Å². The highest BCUT2D eigenvalue weighted by atomic mass is 32.2. The largest absolute Gasteiger partial charge is 0.299 e. The molecule has 0 aromatic carbocycles. The quantitative estimate of drug-likeness (QED) is 0.632. The second-order valence-corrected chi connectivity index (χ2v) is 7.75. The number of fused-ring (bicyclic) bond motifs is 2. The molecule has 4 aliphatic rings. The first-order valence-corrected chi connectivity index (χ1v) is 9.31. The van der Waals surface area contributed by atoms with Gasteiger partial charge in [0.15, 0.2) is 0 Å². The first-order chi connectivity index (χ1) is 11.5. The Morgan fingerprint density at radius 1 is 1.21 bits per heavy atom. The maximum absolute atomic E-state index is 11.3. The maximum atomic E-state index is 11.3. The lowest BCUT2D eigenvalue weighted by molar-refractivity contribution is -0.125. The molecular formula is C19H22N2O2S. The van der Waals surface area contributed by atoms with Gasteiger partial charge in [-0.25, -0.2) is 4.99 Å². The summed E-state index contributed by atoms with van der Waals surface area (Å²) in [5.74, 6) is 2.52. The number of allylic oxidation sites excluding steroid dienone is 3. The molecule has 0 aromatic heterocycles. The van der Waals surface area contributed by atoms with Gasteiger partial charge in [-0.2, -0.15) is 11.8 Å². The molecule has 24 heavy (non-hydrogen) atoms. The lowest BCUT2D eigenvalue weighted by Gasteiger charge is -2.35. The number of aliphatic imine (C=N–C) groups is 1. The molecule has 5 heteroatoms. The molecular weight excluding hydrogens is 320 g/mol. The summed E-state index contributed by atoms with van der Waals surface area (Å²) >= 11 is 1.87. The minimum atomic E-state index is 0.0330. The third kappa shape index (κ3) is 3.96. The number of carbonyl (C=O) groups is 2. The minimum Gasteiger partial charge on any atom is -0.299 e. The lowest BCUT2D eigenvalue weighted by atomic mass is 9.82. The van der Waals surface area contributed by atoms with Gasteiger partial charge >= 0.3 is 0 Å². The fourth-order valence-corrected chi connectivity index (χ4v) is 4.63. The van der Waals surface area contributed by atoms with E-state index in [2.05, 4.69) is 18.2 Å². The standard InChI is InChI=1S/C10H14OS.C9H8N2O/c1-7-2-3-10-8(4-7)5-9(11)6-12-10;1-7-6-9(12)11-5-3-2-4-8(11)10-7/h8,10H,1-6H2;2-5H,1,6H2. The summed E-state index contributed by atoms with van der Waals surface area (Å²) in [7, 11) is 0. The van der Waals surface area contributed by atoms with E-state index in [9.17, 15) is 9.59 Å². The molecule has 4 rings (SSSR count). The average Bonchev–Trinajstić information content (AvgIpc) is 2.55.